The van der Waals surface area contributed by atoms with Gasteiger partial charge in [0, 0.05) is 25.8 Å². The Balaban J connectivity index is 2.98. The first-order valence-corrected chi connectivity index (χ1v) is 4.52. The van der Waals surface area contributed by atoms with Crippen LogP contribution in [0.1, 0.15) is 19.4 Å². The molecule has 0 atom stereocenters. The van der Waals surface area contributed by atoms with Gasteiger partial charge in [-0.1, -0.05) is 0 Å². The van der Waals surface area contributed by atoms with E-state index in [9.17, 15) is 0 Å². The monoisotopic (exact) mass is 179 g/mol. The lowest BCUT2D eigenvalue weighted by Crippen LogP contribution is -2.27. The zero-order valence-electron chi connectivity index (χ0n) is 8.49. The molecular weight excluding hydrogens is 162 g/mol. The average molecular weight is 179 g/mol. The van der Waals surface area contributed by atoms with Crippen molar-refractivity contribution in [1.82, 2.24) is 4.98 Å². The van der Waals surface area contributed by atoms with E-state index in [2.05, 4.69) is 30.8 Å². The highest BCUT2D eigenvalue weighted by molar-refractivity contribution is 5.51. The van der Waals surface area contributed by atoms with Crippen LogP contribution in [0.3, 0.4) is 0 Å². The Hall–Kier alpha value is -1.09. The first-order valence-electron chi connectivity index (χ1n) is 4.52. The molecule has 1 rings (SSSR count). The van der Waals surface area contributed by atoms with E-state index in [0.29, 0.717) is 12.6 Å². The Kier molecular flexibility index (Phi) is 3.25. The lowest BCUT2D eigenvalue weighted by atomic mass is 10.2. The van der Waals surface area contributed by atoms with Crippen molar-refractivity contribution in [2.24, 2.45) is 5.73 Å². The molecule has 3 nitrogen and oxygen atoms in total. The van der Waals surface area contributed by atoms with Crippen LogP contribution in [0.4, 0.5) is 5.69 Å². The van der Waals surface area contributed by atoms with Gasteiger partial charge in [-0.2, -0.15) is 0 Å². The highest BCUT2D eigenvalue weighted by Crippen LogP contribution is 2.18. The maximum Gasteiger partial charge on any atom is 0.0597 e. The van der Waals surface area contributed by atoms with Gasteiger partial charge in [0.2, 0.25) is 0 Å². The SMILES string of the molecule is CC(C)N(C)c1cnccc1CN. The maximum absolute atomic E-state index is 5.63. The fraction of sp³-hybridized carbons (Fsp3) is 0.500. The number of nitrogens with two attached hydrogens (primary N) is 1. The van der Waals surface area contributed by atoms with Gasteiger partial charge in [-0.05, 0) is 25.5 Å². The van der Waals surface area contributed by atoms with Crippen LogP contribution >= 0.6 is 0 Å². The second kappa shape index (κ2) is 4.23. The summed E-state index contributed by atoms with van der Waals surface area (Å²) in [5.74, 6) is 0. The standard InChI is InChI=1S/C10H17N3/c1-8(2)13(3)10-7-12-5-4-9(10)6-11/h4-5,7-8H,6,11H2,1-3H3. The highest BCUT2D eigenvalue weighted by Gasteiger charge is 2.08. The van der Waals surface area contributed by atoms with Crippen LogP contribution in [0.15, 0.2) is 18.5 Å². The minimum atomic E-state index is 0.467. The molecule has 0 amide bonds. The molecule has 0 aliphatic carbocycles. The quantitative estimate of drug-likeness (QED) is 0.762. The summed E-state index contributed by atoms with van der Waals surface area (Å²) in [6.45, 7) is 4.86. The summed E-state index contributed by atoms with van der Waals surface area (Å²) in [5, 5.41) is 0. The third-order valence-electron chi connectivity index (χ3n) is 2.26. The second-order valence-electron chi connectivity index (χ2n) is 3.41. The minimum Gasteiger partial charge on any atom is -0.371 e. The zero-order chi connectivity index (χ0) is 9.84. The fourth-order valence-corrected chi connectivity index (χ4v) is 1.18. The molecule has 1 aromatic rings. The van der Waals surface area contributed by atoms with E-state index in [1.807, 2.05) is 12.3 Å². The molecule has 3 heteroatoms. The van der Waals surface area contributed by atoms with Gasteiger partial charge in [-0.25, -0.2) is 0 Å². The van der Waals surface area contributed by atoms with Crippen LogP contribution in [0.2, 0.25) is 0 Å². The number of nitrogens with zero attached hydrogens (tertiary/aromatic N) is 2. The molecule has 0 bridgehead atoms. The molecule has 0 spiro atoms. The van der Waals surface area contributed by atoms with Gasteiger partial charge in [-0.3, -0.25) is 4.98 Å². The van der Waals surface area contributed by atoms with Gasteiger partial charge in [-0.15, -0.1) is 0 Å². The van der Waals surface area contributed by atoms with E-state index in [4.69, 9.17) is 5.73 Å². The van der Waals surface area contributed by atoms with Gasteiger partial charge in [0.1, 0.15) is 0 Å². The Morgan fingerprint density at radius 2 is 2.23 bits per heavy atom. The molecule has 1 heterocycles. The lowest BCUT2D eigenvalue weighted by molar-refractivity contribution is 0.747. The van der Waals surface area contributed by atoms with E-state index in [0.717, 1.165) is 11.3 Å². The van der Waals surface area contributed by atoms with Crippen LogP contribution in [0.25, 0.3) is 0 Å². The normalized spacial score (nSPS) is 10.5. The third kappa shape index (κ3) is 2.18. The van der Waals surface area contributed by atoms with Crippen molar-refractivity contribution in [3.05, 3.63) is 24.0 Å². The van der Waals surface area contributed by atoms with E-state index in [-0.39, 0.29) is 0 Å². The van der Waals surface area contributed by atoms with Crippen molar-refractivity contribution in [3.63, 3.8) is 0 Å². The molecule has 1 aromatic heterocycles. The molecule has 0 radical (unpaired) electrons. The number of hydrogen-bond acceptors (Lipinski definition) is 3. The molecule has 13 heavy (non-hydrogen) atoms. The molecule has 0 aromatic carbocycles. The third-order valence-corrected chi connectivity index (χ3v) is 2.26. The molecule has 0 unspecified atom stereocenters. The summed E-state index contributed by atoms with van der Waals surface area (Å²) in [6, 6.07) is 2.43. The van der Waals surface area contributed by atoms with Crippen LogP contribution in [0, 0.1) is 0 Å². The van der Waals surface area contributed by atoms with Crippen molar-refractivity contribution < 1.29 is 0 Å². The molecule has 0 saturated carbocycles. The highest BCUT2D eigenvalue weighted by atomic mass is 15.1. The molecule has 0 fully saturated rings. The number of pyridine rings is 1. The van der Waals surface area contributed by atoms with Crippen molar-refractivity contribution in [3.8, 4) is 0 Å². The number of anilines is 1. The number of aromatic nitrogens is 1. The van der Waals surface area contributed by atoms with Crippen molar-refractivity contribution in [2.45, 2.75) is 26.4 Å². The minimum absolute atomic E-state index is 0.467. The van der Waals surface area contributed by atoms with Gasteiger partial charge in [0.15, 0.2) is 0 Å². The van der Waals surface area contributed by atoms with Crippen LogP contribution in [-0.2, 0) is 6.54 Å². The number of hydrogen-bond donors (Lipinski definition) is 1. The molecular formula is C10H17N3. The average Bonchev–Trinajstić information content (AvgIpc) is 2.16. The zero-order valence-corrected chi connectivity index (χ0v) is 8.49. The van der Waals surface area contributed by atoms with Crippen LogP contribution in [0.5, 0.6) is 0 Å². The summed E-state index contributed by atoms with van der Waals surface area (Å²) in [6.07, 6.45) is 3.64. The van der Waals surface area contributed by atoms with Gasteiger partial charge in [0.25, 0.3) is 0 Å². The first-order chi connectivity index (χ1) is 6.16. The summed E-state index contributed by atoms with van der Waals surface area (Å²) < 4.78 is 0. The molecule has 2 N–H and O–H groups in total. The van der Waals surface area contributed by atoms with Crippen molar-refractivity contribution >= 4 is 5.69 Å². The van der Waals surface area contributed by atoms with Crippen LogP contribution in [-0.4, -0.2) is 18.1 Å². The summed E-state index contributed by atoms with van der Waals surface area (Å²) in [7, 11) is 2.06. The van der Waals surface area contributed by atoms with Gasteiger partial charge >= 0.3 is 0 Å². The Labute approximate surface area is 79.6 Å². The topological polar surface area (TPSA) is 42.2 Å². The van der Waals surface area contributed by atoms with Crippen LogP contribution < -0.4 is 10.6 Å². The van der Waals surface area contributed by atoms with Gasteiger partial charge < -0.3 is 10.6 Å². The molecule has 0 saturated heterocycles. The lowest BCUT2D eigenvalue weighted by Gasteiger charge is -2.25. The van der Waals surface area contributed by atoms with Crippen molar-refractivity contribution in [2.75, 3.05) is 11.9 Å². The Bertz CT molecular complexity index is 271. The summed E-state index contributed by atoms with van der Waals surface area (Å²) in [5.41, 5.74) is 7.90. The second-order valence-corrected chi connectivity index (χ2v) is 3.41. The predicted octanol–water partition coefficient (Wildman–Crippen LogP) is 1.38. The van der Waals surface area contributed by atoms with E-state index >= 15 is 0 Å². The van der Waals surface area contributed by atoms with Gasteiger partial charge in [0.05, 0.1) is 11.9 Å². The summed E-state index contributed by atoms with van der Waals surface area (Å²) in [4.78, 5) is 6.28. The Morgan fingerprint density at radius 1 is 1.54 bits per heavy atom. The first kappa shape index (κ1) is 9.99. The molecule has 72 valence electrons. The van der Waals surface area contributed by atoms with E-state index in [1.165, 1.54) is 0 Å². The predicted molar refractivity (Wildman–Crippen MR) is 55.7 cm³/mol. The number of rotatable bonds is 3. The summed E-state index contributed by atoms with van der Waals surface area (Å²) >= 11 is 0. The smallest absolute Gasteiger partial charge is 0.0597 e. The van der Waals surface area contributed by atoms with Crippen molar-refractivity contribution in [1.29, 1.82) is 0 Å². The fourth-order valence-electron chi connectivity index (χ4n) is 1.18. The largest absolute Gasteiger partial charge is 0.371 e. The molecule has 0 aliphatic heterocycles. The maximum atomic E-state index is 5.63. The molecule has 0 aliphatic rings. The van der Waals surface area contributed by atoms with E-state index < -0.39 is 0 Å². The van der Waals surface area contributed by atoms with E-state index in [1.54, 1.807) is 6.20 Å². The Morgan fingerprint density at radius 3 is 2.77 bits per heavy atom.